The summed E-state index contributed by atoms with van der Waals surface area (Å²) in [7, 11) is 0. The Bertz CT molecular complexity index is 626. The van der Waals surface area contributed by atoms with Gasteiger partial charge in [0.2, 0.25) is 5.82 Å². The summed E-state index contributed by atoms with van der Waals surface area (Å²) in [6.07, 6.45) is 1.42. The van der Waals surface area contributed by atoms with Crippen LogP contribution in [-0.2, 0) is 0 Å². The Hall–Kier alpha value is -2.76. The summed E-state index contributed by atoms with van der Waals surface area (Å²) >= 11 is 0. The molecule has 0 spiro atoms. The number of pyridine rings is 1. The van der Waals surface area contributed by atoms with Crippen LogP contribution in [-0.4, -0.2) is 15.8 Å². The van der Waals surface area contributed by atoms with Crippen molar-refractivity contribution in [3.8, 4) is 0 Å². The maximum absolute atomic E-state index is 11.9. The van der Waals surface area contributed by atoms with Crippen LogP contribution in [0.4, 0.5) is 11.5 Å². The van der Waals surface area contributed by atoms with Crippen molar-refractivity contribution in [3.05, 3.63) is 63.8 Å². The van der Waals surface area contributed by atoms with Crippen LogP contribution in [0.1, 0.15) is 15.9 Å². The molecule has 1 aromatic carbocycles. The van der Waals surface area contributed by atoms with Crippen LogP contribution in [0.5, 0.6) is 0 Å². The van der Waals surface area contributed by atoms with Crippen molar-refractivity contribution >= 4 is 17.4 Å². The number of carbonyl (C=O) groups is 1. The van der Waals surface area contributed by atoms with E-state index in [-0.39, 0.29) is 11.5 Å². The molecule has 2 rings (SSSR count). The second-order valence-corrected chi connectivity index (χ2v) is 3.90. The molecule has 96 valence electrons. The van der Waals surface area contributed by atoms with Crippen LogP contribution >= 0.6 is 0 Å². The number of benzene rings is 1. The van der Waals surface area contributed by atoms with Gasteiger partial charge in [0.25, 0.3) is 5.91 Å². The first-order valence-corrected chi connectivity index (χ1v) is 5.56. The predicted octanol–water partition coefficient (Wildman–Crippen LogP) is 2.55. The molecule has 1 aromatic heterocycles. The fourth-order valence-corrected chi connectivity index (χ4v) is 1.64. The number of hydrogen-bond donors (Lipinski definition) is 1. The second-order valence-electron chi connectivity index (χ2n) is 3.90. The van der Waals surface area contributed by atoms with Gasteiger partial charge in [-0.3, -0.25) is 14.9 Å². The number of aromatic nitrogens is 1. The van der Waals surface area contributed by atoms with Crippen LogP contribution in [0.15, 0.2) is 42.6 Å². The van der Waals surface area contributed by atoms with Gasteiger partial charge < -0.3 is 5.32 Å². The molecule has 6 nitrogen and oxygen atoms in total. The van der Waals surface area contributed by atoms with Gasteiger partial charge in [0, 0.05) is 17.3 Å². The van der Waals surface area contributed by atoms with E-state index in [1.807, 2.05) is 0 Å². The van der Waals surface area contributed by atoms with Gasteiger partial charge in [-0.1, -0.05) is 18.2 Å². The summed E-state index contributed by atoms with van der Waals surface area (Å²) in [6, 6.07) is 9.98. The number of nitrogens with one attached hydrogen (secondary N) is 1. The smallest absolute Gasteiger partial charge is 0.301 e. The quantitative estimate of drug-likeness (QED) is 0.676. The fraction of sp³-hybridized carbons (Fsp3) is 0.0769. The van der Waals surface area contributed by atoms with E-state index in [1.165, 1.54) is 12.3 Å². The summed E-state index contributed by atoms with van der Waals surface area (Å²) in [5, 5.41) is 13.4. The fourth-order valence-electron chi connectivity index (χ4n) is 1.64. The maximum atomic E-state index is 11.9. The van der Waals surface area contributed by atoms with Crippen LogP contribution in [0, 0.1) is 17.0 Å². The van der Waals surface area contributed by atoms with Crippen molar-refractivity contribution in [1.82, 2.24) is 4.98 Å². The highest BCUT2D eigenvalue weighted by Crippen LogP contribution is 2.25. The van der Waals surface area contributed by atoms with E-state index in [4.69, 9.17) is 0 Å². The molecule has 1 amide bonds. The molecular formula is C13H11N3O3. The van der Waals surface area contributed by atoms with E-state index in [2.05, 4.69) is 10.3 Å². The summed E-state index contributed by atoms with van der Waals surface area (Å²) in [5.74, 6) is -0.472. The maximum Gasteiger partial charge on any atom is 0.314 e. The number of nitro groups is 1. The third kappa shape index (κ3) is 2.74. The minimum absolute atomic E-state index is 0.0427. The number of amides is 1. The lowest BCUT2D eigenvalue weighted by Gasteiger charge is -2.06. The number of carbonyl (C=O) groups excluding carboxylic acids is 1. The molecule has 0 aliphatic heterocycles. The average molecular weight is 257 g/mol. The highest BCUT2D eigenvalue weighted by atomic mass is 16.6. The van der Waals surface area contributed by atoms with E-state index in [9.17, 15) is 14.9 Å². The first-order chi connectivity index (χ1) is 9.09. The summed E-state index contributed by atoms with van der Waals surface area (Å²) < 4.78 is 0. The average Bonchev–Trinajstić information content (AvgIpc) is 2.39. The van der Waals surface area contributed by atoms with Crippen molar-refractivity contribution < 1.29 is 9.72 Å². The van der Waals surface area contributed by atoms with Gasteiger partial charge in [-0.15, -0.1) is 0 Å². The first-order valence-electron chi connectivity index (χ1n) is 5.56. The van der Waals surface area contributed by atoms with Gasteiger partial charge in [0.15, 0.2) is 0 Å². The van der Waals surface area contributed by atoms with Gasteiger partial charge in [-0.25, -0.2) is 4.98 Å². The van der Waals surface area contributed by atoms with Gasteiger partial charge >= 0.3 is 5.69 Å². The van der Waals surface area contributed by atoms with E-state index in [1.54, 1.807) is 37.3 Å². The first kappa shape index (κ1) is 12.7. The number of nitrogens with zero attached hydrogens (tertiary/aromatic N) is 2. The standard InChI is InChI=1S/C13H11N3O3/c1-9-7-8-14-12(11(9)16(18)19)15-13(17)10-5-3-2-4-6-10/h2-8H,1H3,(H,14,15,17). The minimum Gasteiger partial charge on any atom is -0.301 e. The normalized spacial score (nSPS) is 9.95. The van der Waals surface area contributed by atoms with Crippen molar-refractivity contribution in [2.75, 3.05) is 5.32 Å². The zero-order valence-electron chi connectivity index (χ0n) is 10.2. The summed E-state index contributed by atoms with van der Waals surface area (Å²) in [4.78, 5) is 26.2. The molecule has 0 saturated carbocycles. The second kappa shape index (κ2) is 5.26. The Morgan fingerprint density at radius 2 is 1.95 bits per heavy atom. The molecule has 6 heteroatoms. The lowest BCUT2D eigenvalue weighted by Crippen LogP contribution is -2.14. The lowest BCUT2D eigenvalue weighted by atomic mass is 10.2. The van der Waals surface area contributed by atoms with E-state index >= 15 is 0 Å². The number of aryl methyl sites for hydroxylation is 1. The van der Waals surface area contributed by atoms with Gasteiger partial charge in [0.05, 0.1) is 4.92 Å². The highest BCUT2D eigenvalue weighted by molar-refractivity contribution is 6.04. The van der Waals surface area contributed by atoms with E-state index in [0.29, 0.717) is 11.1 Å². The molecule has 0 bridgehead atoms. The Kier molecular flexibility index (Phi) is 3.51. The van der Waals surface area contributed by atoms with Gasteiger partial charge in [-0.05, 0) is 25.1 Å². The van der Waals surface area contributed by atoms with Gasteiger partial charge in [0.1, 0.15) is 0 Å². The SMILES string of the molecule is Cc1ccnc(NC(=O)c2ccccc2)c1[N+](=O)[O-]. The molecule has 0 aliphatic carbocycles. The molecule has 0 fully saturated rings. The van der Waals surface area contributed by atoms with Crippen LogP contribution in [0.3, 0.4) is 0 Å². The Balaban J connectivity index is 2.32. The molecule has 0 atom stereocenters. The molecule has 0 unspecified atom stereocenters. The summed E-state index contributed by atoms with van der Waals surface area (Å²) in [5.41, 5.74) is 0.676. The lowest BCUT2D eigenvalue weighted by molar-refractivity contribution is -0.384. The van der Waals surface area contributed by atoms with E-state index < -0.39 is 10.8 Å². The highest BCUT2D eigenvalue weighted by Gasteiger charge is 2.20. The molecule has 1 heterocycles. The van der Waals surface area contributed by atoms with Crippen LogP contribution in [0.2, 0.25) is 0 Å². The Morgan fingerprint density at radius 3 is 2.58 bits per heavy atom. The molecule has 2 aromatic rings. The molecule has 19 heavy (non-hydrogen) atoms. The molecule has 0 aliphatic rings. The topological polar surface area (TPSA) is 85.1 Å². The zero-order chi connectivity index (χ0) is 13.8. The van der Waals surface area contributed by atoms with Crippen molar-refractivity contribution in [3.63, 3.8) is 0 Å². The third-order valence-electron chi connectivity index (χ3n) is 2.58. The number of hydrogen-bond acceptors (Lipinski definition) is 4. The monoisotopic (exact) mass is 257 g/mol. The van der Waals surface area contributed by atoms with Crippen molar-refractivity contribution in [2.24, 2.45) is 0 Å². The van der Waals surface area contributed by atoms with E-state index in [0.717, 1.165) is 0 Å². The number of rotatable bonds is 3. The van der Waals surface area contributed by atoms with Crippen LogP contribution < -0.4 is 5.32 Å². The number of anilines is 1. The molecule has 0 saturated heterocycles. The van der Waals surface area contributed by atoms with Crippen LogP contribution in [0.25, 0.3) is 0 Å². The largest absolute Gasteiger partial charge is 0.314 e. The molecular weight excluding hydrogens is 246 g/mol. The Morgan fingerprint density at radius 1 is 1.26 bits per heavy atom. The van der Waals surface area contributed by atoms with Crippen molar-refractivity contribution in [1.29, 1.82) is 0 Å². The molecule has 1 N–H and O–H groups in total. The Labute approximate surface area is 109 Å². The van der Waals surface area contributed by atoms with Gasteiger partial charge in [-0.2, -0.15) is 0 Å². The summed E-state index contributed by atoms with van der Waals surface area (Å²) in [6.45, 7) is 1.60. The predicted molar refractivity (Wildman–Crippen MR) is 70.0 cm³/mol. The van der Waals surface area contributed by atoms with Crippen molar-refractivity contribution in [2.45, 2.75) is 6.92 Å². The molecule has 0 radical (unpaired) electrons. The third-order valence-corrected chi connectivity index (χ3v) is 2.58. The zero-order valence-corrected chi connectivity index (χ0v) is 10.2. The minimum atomic E-state index is -0.553.